The normalized spacial score (nSPS) is 11.4. The van der Waals surface area contributed by atoms with Crippen molar-refractivity contribution in [3.8, 4) is 0 Å². The molecule has 7 nitrogen and oxygen atoms in total. The van der Waals surface area contributed by atoms with Crippen LogP contribution in [0, 0.1) is 12.8 Å². The van der Waals surface area contributed by atoms with E-state index in [1.165, 1.54) is 24.3 Å². The predicted octanol–water partition coefficient (Wildman–Crippen LogP) is 3.90. The van der Waals surface area contributed by atoms with Crippen LogP contribution in [0.15, 0.2) is 65.7 Å². The maximum Gasteiger partial charge on any atom is 0.261 e. The molecule has 0 unspecified atom stereocenters. The van der Waals surface area contributed by atoms with Crippen molar-refractivity contribution in [2.45, 2.75) is 32.2 Å². The third kappa shape index (κ3) is 5.23. The van der Waals surface area contributed by atoms with E-state index in [1.54, 1.807) is 29.1 Å². The average molecular weight is 413 g/mol. The lowest BCUT2D eigenvalue weighted by Gasteiger charge is -2.11. The SMILES string of the molecule is Cc1ccc(NS(=O)(=O)c2ccc(C(=O)Nc3ccnn3CC(C)C)cc2)cc1. The first-order chi connectivity index (χ1) is 13.7. The third-order valence-corrected chi connectivity index (χ3v) is 5.62. The van der Waals surface area contributed by atoms with Crippen molar-refractivity contribution in [1.29, 1.82) is 0 Å². The summed E-state index contributed by atoms with van der Waals surface area (Å²) in [4.78, 5) is 12.6. The number of anilines is 2. The molecule has 0 radical (unpaired) electrons. The first-order valence-corrected chi connectivity index (χ1v) is 10.8. The number of sulfonamides is 1. The summed E-state index contributed by atoms with van der Waals surface area (Å²) in [5, 5.41) is 7.02. The first kappa shape index (κ1) is 20.6. The van der Waals surface area contributed by atoms with Gasteiger partial charge in [-0.2, -0.15) is 5.10 Å². The van der Waals surface area contributed by atoms with Crippen LogP contribution >= 0.6 is 0 Å². The van der Waals surface area contributed by atoms with E-state index < -0.39 is 10.0 Å². The van der Waals surface area contributed by atoms with Gasteiger partial charge in [0.2, 0.25) is 0 Å². The molecule has 2 N–H and O–H groups in total. The number of hydrogen-bond acceptors (Lipinski definition) is 4. The summed E-state index contributed by atoms with van der Waals surface area (Å²) in [7, 11) is -3.73. The standard InChI is InChI=1S/C21H24N4O3S/c1-15(2)14-25-20(12-13-22-25)23-21(26)17-6-10-19(11-7-17)29(27,28)24-18-8-4-16(3)5-9-18/h4-13,15,24H,14H2,1-3H3,(H,23,26). The Balaban J connectivity index is 1.71. The highest BCUT2D eigenvalue weighted by Crippen LogP contribution is 2.18. The number of nitrogens with zero attached hydrogens (tertiary/aromatic N) is 2. The van der Waals surface area contributed by atoms with E-state index >= 15 is 0 Å². The minimum Gasteiger partial charge on any atom is -0.307 e. The minimum absolute atomic E-state index is 0.0828. The molecule has 0 saturated carbocycles. The topological polar surface area (TPSA) is 93.1 Å². The lowest BCUT2D eigenvalue weighted by Crippen LogP contribution is -2.17. The van der Waals surface area contributed by atoms with Gasteiger partial charge in [-0.05, 0) is 49.2 Å². The van der Waals surface area contributed by atoms with Crippen molar-refractivity contribution >= 4 is 27.4 Å². The first-order valence-electron chi connectivity index (χ1n) is 9.27. The molecule has 1 aromatic heterocycles. The summed E-state index contributed by atoms with van der Waals surface area (Å²) in [5.74, 6) is 0.656. The Morgan fingerprint density at radius 1 is 1.03 bits per heavy atom. The van der Waals surface area contributed by atoms with Gasteiger partial charge in [0.15, 0.2) is 0 Å². The lowest BCUT2D eigenvalue weighted by atomic mass is 10.2. The second-order valence-corrected chi connectivity index (χ2v) is 8.92. The molecule has 3 aromatic rings. The second kappa shape index (κ2) is 8.48. The molecular formula is C21H24N4O3S. The molecule has 152 valence electrons. The van der Waals surface area contributed by atoms with E-state index in [0.29, 0.717) is 29.5 Å². The van der Waals surface area contributed by atoms with Gasteiger partial charge in [0, 0.05) is 23.9 Å². The Kier molecular flexibility index (Phi) is 6.03. The van der Waals surface area contributed by atoms with E-state index in [4.69, 9.17) is 0 Å². The van der Waals surface area contributed by atoms with E-state index in [1.807, 2.05) is 19.1 Å². The highest BCUT2D eigenvalue weighted by Gasteiger charge is 2.16. The predicted molar refractivity (Wildman–Crippen MR) is 113 cm³/mol. The van der Waals surface area contributed by atoms with Crippen molar-refractivity contribution < 1.29 is 13.2 Å². The summed E-state index contributed by atoms with van der Waals surface area (Å²) in [6.45, 7) is 6.75. The van der Waals surface area contributed by atoms with Gasteiger partial charge in [0.05, 0.1) is 11.1 Å². The van der Waals surface area contributed by atoms with E-state index in [-0.39, 0.29) is 10.8 Å². The molecule has 0 fully saturated rings. The molecule has 0 aliphatic heterocycles. The van der Waals surface area contributed by atoms with Crippen LogP contribution in [0.4, 0.5) is 11.5 Å². The summed E-state index contributed by atoms with van der Waals surface area (Å²) in [6.07, 6.45) is 1.63. The third-order valence-electron chi connectivity index (χ3n) is 4.23. The van der Waals surface area contributed by atoms with Gasteiger partial charge in [0.25, 0.3) is 15.9 Å². The van der Waals surface area contributed by atoms with Crippen LogP contribution in [0.5, 0.6) is 0 Å². The van der Waals surface area contributed by atoms with Gasteiger partial charge in [-0.15, -0.1) is 0 Å². The maximum atomic E-state index is 12.5. The Morgan fingerprint density at radius 3 is 2.31 bits per heavy atom. The largest absolute Gasteiger partial charge is 0.307 e. The number of aromatic nitrogens is 2. The average Bonchev–Trinajstić information content (AvgIpc) is 3.09. The second-order valence-electron chi connectivity index (χ2n) is 7.24. The molecule has 0 bridgehead atoms. The zero-order chi connectivity index (χ0) is 21.0. The van der Waals surface area contributed by atoms with Gasteiger partial charge in [-0.25, -0.2) is 13.1 Å². The van der Waals surface area contributed by atoms with Crippen molar-refractivity contribution in [2.24, 2.45) is 5.92 Å². The number of nitrogens with one attached hydrogen (secondary N) is 2. The fourth-order valence-corrected chi connectivity index (χ4v) is 3.80. The van der Waals surface area contributed by atoms with Crippen LogP contribution in [0.1, 0.15) is 29.8 Å². The van der Waals surface area contributed by atoms with Crippen LogP contribution in [-0.2, 0) is 16.6 Å². The molecule has 0 aliphatic rings. The highest BCUT2D eigenvalue weighted by atomic mass is 32.2. The molecule has 0 saturated heterocycles. The van der Waals surface area contributed by atoms with Crippen LogP contribution in [0.2, 0.25) is 0 Å². The van der Waals surface area contributed by atoms with Crippen LogP contribution < -0.4 is 10.0 Å². The number of benzene rings is 2. The summed E-state index contributed by atoms with van der Waals surface area (Å²) < 4.78 is 29.4. The maximum absolute atomic E-state index is 12.5. The molecule has 1 heterocycles. The highest BCUT2D eigenvalue weighted by molar-refractivity contribution is 7.92. The van der Waals surface area contributed by atoms with Crippen LogP contribution in [0.3, 0.4) is 0 Å². The fourth-order valence-electron chi connectivity index (χ4n) is 2.74. The Hall–Kier alpha value is -3.13. The van der Waals surface area contributed by atoms with E-state index in [0.717, 1.165) is 5.56 Å². The lowest BCUT2D eigenvalue weighted by molar-refractivity contribution is 0.102. The van der Waals surface area contributed by atoms with Gasteiger partial charge < -0.3 is 5.32 Å². The quantitative estimate of drug-likeness (QED) is 0.615. The summed E-state index contributed by atoms with van der Waals surface area (Å²) >= 11 is 0. The number of amides is 1. The molecule has 8 heteroatoms. The van der Waals surface area contributed by atoms with Crippen LogP contribution in [0.25, 0.3) is 0 Å². The molecule has 2 aromatic carbocycles. The number of rotatable bonds is 7. The van der Waals surface area contributed by atoms with Gasteiger partial charge in [-0.1, -0.05) is 31.5 Å². The Bertz CT molecular complexity index is 1090. The monoisotopic (exact) mass is 412 g/mol. The molecule has 0 aliphatic carbocycles. The van der Waals surface area contributed by atoms with Crippen molar-refractivity contribution in [1.82, 2.24) is 9.78 Å². The molecule has 0 atom stereocenters. The van der Waals surface area contributed by atoms with Crippen LogP contribution in [-0.4, -0.2) is 24.1 Å². The van der Waals surface area contributed by atoms with Crippen molar-refractivity contribution in [2.75, 3.05) is 10.0 Å². The Labute approximate surface area is 170 Å². The van der Waals surface area contributed by atoms with Crippen molar-refractivity contribution in [3.63, 3.8) is 0 Å². The molecular weight excluding hydrogens is 388 g/mol. The molecule has 29 heavy (non-hydrogen) atoms. The molecule has 3 rings (SSSR count). The fraction of sp³-hybridized carbons (Fsp3) is 0.238. The van der Waals surface area contributed by atoms with E-state index in [2.05, 4.69) is 29.0 Å². The smallest absolute Gasteiger partial charge is 0.261 e. The number of aryl methyl sites for hydroxylation is 1. The zero-order valence-corrected chi connectivity index (χ0v) is 17.4. The van der Waals surface area contributed by atoms with E-state index in [9.17, 15) is 13.2 Å². The number of hydrogen-bond donors (Lipinski definition) is 2. The number of carbonyl (C=O) groups is 1. The van der Waals surface area contributed by atoms with Gasteiger partial charge in [0.1, 0.15) is 5.82 Å². The minimum atomic E-state index is -3.73. The summed E-state index contributed by atoms with van der Waals surface area (Å²) in [6, 6.07) is 14.6. The zero-order valence-electron chi connectivity index (χ0n) is 16.6. The molecule has 1 amide bonds. The summed E-state index contributed by atoms with van der Waals surface area (Å²) in [5.41, 5.74) is 1.88. The number of carbonyl (C=O) groups excluding carboxylic acids is 1. The Morgan fingerprint density at radius 2 is 1.69 bits per heavy atom. The molecule has 0 spiro atoms. The van der Waals surface area contributed by atoms with Gasteiger partial charge >= 0.3 is 0 Å². The van der Waals surface area contributed by atoms with Crippen molar-refractivity contribution in [3.05, 3.63) is 71.9 Å². The van der Waals surface area contributed by atoms with Gasteiger partial charge in [-0.3, -0.25) is 9.52 Å².